The SMILES string of the molecule is O=C(Cn1nnc(-c2cccc(Cl)c2)n1)Nc1nc2ccccc2s1. The van der Waals surface area contributed by atoms with E-state index in [-0.39, 0.29) is 12.5 Å². The van der Waals surface area contributed by atoms with E-state index in [1.165, 1.54) is 16.1 Å². The number of amides is 1. The maximum Gasteiger partial charge on any atom is 0.249 e. The smallest absolute Gasteiger partial charge is 0.249 e. The van der Waals surface area contributed by atoms with E-state index in [1.54, 1.807) is 18.2 Å². The van der Waals surface area contributed by atoms with E-state index in [0.717, 1.165) is 15.8 Å². The van der Waals surface area contributed by atoms with Crippen molar-refractivity contribution in [1.82, 2.24) is 25.2 Å². The van der Waals surface area contributed by atoms with Crippen LogP contribution in [0.5, 0.6) is 0 Å². The monoisotopic (exact) mass is 370 g/mol. The molecule has 0 spiro atoms. The van der Waals surface area contributed by atoms with Gasteiger partial charge in [0, 0.05) is 10.6 Å². The lowest BCUT2D eigenvalue weighted by molar-refractivity contribution is -0.117. The molecule has 0 atom stereocenters. The molecule has 25 heavy (non-hydrogen) atoms. The van der Waals surface area contributed by atoms with Crippen LogP contribution in [0.2, 0.25) is 5.02 Å². The highest BCUT2D eigenvalue weighted by Crippen LogP contribution is 2.25. The molecule has 2 aromatic heterocycles. The van der Waals surface area contributed by atoms with Gasteiger partial charge in [-0.15, -0.1) is 10.2 Å². The number of para-hydroxylation sites is 1. The zero-order chi connectivity index (χ0) is 17.2. The number of aromatic nitrogens is 5. The molecular weight excluding hydrogens is 360 g/mol. The van der Waals surface area contributed by atoms with Crippen molar-refractivity contribution in [3.05, 3.63) is 53.6 Å². The van der Waals surface area contributed by atoms with Crippen molar-refractivity contribution in [1.29, 1.82) is 0 Å². The number of thiazole rings is 1. The number of nitrogens with zero attached hydrogens (tertiary/aromatic N) is 5. The van der Waals surface area contributed by atoms with Gasteiger partial charge in [-0.2, -0.15) is 4.80 Å². The average Bonchev–Trinajstić information content (AvgIpc) is 3.21. The molecule has 4 rings (SSSR count). The molecular formula is C16H11ClN6OS. The van der Waals surface area contributed by atoms with Gasteiger partial charge in [0.05, 0.1) is 10.2 Å². The second kappa shape index (κ2) is 6.58. The van der Waals surface area contributed by atoms with Crippen LogP contribution in [0.1, 0.15) is 0 Å². The molecule has 1 amide bonds. The first-order valence-electron chi connectivity index (χ1n) is 7.36. The van der Waals surface area contributed by atoms with Gasteiger partial charge in [0.15, 0.2) is 5.13 Å². The van der Waals surface area contributed by atoms with Gasteiger partial charge in [0.1, 0.15) is 6.54 Å². The lowest BCUT2D eigenvalue weighted by Gasteiger charge is -1.99. The molecule has 0 aliphatic rings. The van der Waals surface area contributed by atoms with Crippen molar-refractivity contribution in [2.75, 3.05) is 5.32 Å². The van der Waals surface area contributed by atoms with Gasteiger partial charge >= 0.3 is 0 Å². The van der Waals surface area contributed by atoms with Crippen molar-refractivity contribution < 1.29 is 4.79 Å². The number of hydrogen-bond donors (Lipinski definition) is 1. The summed E-state index contributed by atoms with van der Waals surface area (Å²) in [4.78, 5) is 17.8. The van der Waals surface area contributed by atoms with Gasteiger partial charge in [-0.1, -0.05) is 47.2 Å². The Morgan fingerprint density at radius 2 is 2.08 bits per heavy atom. The standard InChI is InChI=1S/C16H11ClN6OS/c17-11-5-3-4-10(8-11)15-20-22-23(21-15)9-14(24)19-16-18-12-6-1-2-7-13(12)25-16/h1-8H,9H2,(H,18,19,24). The van der Waals surface area contributed by atoms with Crippen LogP contribution in [-0.4, -0.2) is 31.1 Å². The van der Waals surface area contributed by atoms with Gasteiger partial charge < -0.3 is 5.32 Å². The second-order valence-electron chi connectivity index (χ2n) is 5.19. The summed E-state index contributed by atoms with van der Waals surface area (Å²) >= 11 is 7.37. The van der Waals surface area contributed by atoms with Crippen LogP contribution in [0, 0.1) is 0 Å². The molecule has 9 heteroatoms. The number of carbonyl (C=O) groups is 1. The van der Waals surface area contributed by atoms with Crippen molar-refractivity contribution in [3.8, 4) is 11.4 Å². The van der Waals surface area contributed by atoms with E-state index in [9.17, 15) is 4.79 Å². The van der Waals surface area contributed by atoms with Crippen LogP contribution >= 0.6 is 22.9 Å². The molecule has 0 aliphatic heterocycles. The van der Waals surface area contributed by atoms with E-state index in [1.807, 2.05) is 30.3 Å². The molecule has 4 aromatic rings. The van der Waals surface area contributed by atoms with E-state index in [2.05, 4.69) is 25.7 Å². The Hall–Kier alpha value is -2.84. The van der Waals surface area contributed by atoms with Gasteiger partial charge in [0.25, 0.3) is 0 Å². The fourth-order valence-corrected chi connectivity index (χ4v) is 3.34. The quantitative estimate of drug-likeness (QED) is 0.596. The molecule has 0 fully saturated rings. The first-order valence-corrected chi connectivity index (χ1v) is 8.56. The van der Waals surface area contributed by atoms with E-state index in [4.69, 9.17) is 11.6 Å². The van der Waals surface area contributed by atoms with Crippen molar-refractivity contribution in [3.63, 3.8) is 0 Å². The number of hydrogen-bond acceptors (Lipinski definition) is 6. The molecule has 0 saturated carbocycles. The number of rotatable bonds is 4. The normalized spacial score (nSPS) is 10.9. The van der Waals surface area contributed by atoms with Gasteiger partial charge in [-0.05, 0) is 29.5 Å². The van der Waals surface area contributed by atoms with E-state index >= 15 is 0 Å². The Labute approximate surface area is 151 Å². The Morgan fingerprint density at radius 3 is 2.92 bits per heavy atom. The number of anilines is 1. The summed E-state index contributed by atoms with van der Waals surface area (Å²) in [5.41, 5.74) is 1.59. The van der Waals surface area contributed by atoms with Crippen LogP contribution in [0.4, 0.5) is 5.13 Å². The number of halogens is 1. The summed E-state index contributed by atoms with van der Waals surface area (Å²) in [5.74, 6) is 0.143. The van der Waals surface area contributed by atoms with Crippen molar-refractivity contribution in [2.24, 2.45) is 0 Å². The largest absolute Gasteiger partial charge is 0.300 e. The van der Waals surface area contributed by atoms with Crippen LogP contribution in [0.25, 0.3) is 21.6 Å². The predicted octanol–water partition coefficient (Wildman–Crippen LogP) is 3.24. The number of benzene rings is 2. The second-order valence-corrected chi connectivity index (χ2v) is 6.66. The highest BCUT2D eigenvalue weighted by molar-refractivity contribution is 7.22. The minimum absolute atomic E-state index is 0.0521. The maximum atomic E-state index is 12.2. The third-order valence-corrected chi connectivity index (χ3v) is 4.55. The molecule has 2 aromatic carbocycles. The molecule has 2 heterocycles. The fourth-order valence-electron chi connectivity index (χ4n) is 2.27. The Kier molecular flexibility index (Phi) is 4.12. The lowest BCUT2D eigenvalue weighted by Crippen LogP contribution is -2.20. The molecule has 0 bridgehead atoms. The summed E-state index contributed by atoms with van der Waals surface area (Å²) in [6.07, 6.45) is 0. The molecule has 7 nitrogen and oxygen atoms in total. The molecule has 1 N–H and O–H groups in total. The number of nitrogens with one attached hydrogen (secondary N) is 1. The minimum Gasteiger partial charge on any atom is -0.300 e. The van der Waals surface area contributed by atoms with Crippen molar-refractivity contribution >= 4 is 44.2 Å². The summed E-state index contributed by atoms with van der Waals surface area (Å²) in [6, 6.07) is 14.8. The van der Waals surface area contributed by atoms with Crippen molar-refractivity contribution in [2.45, 2.75) is 6.54 Å². The molecule has 124 valence electrons. The van der Waals surface area contributed by atoms with Gasteiger partial charge in [-0.25, -0.2) is 4.98 Å². The summed E-state index contributed by atoms with van der Waals surface area (Å²) in [7, 11) is 0. The zero-order valence-corrected chi connectivity index (χ0v) is 14.3. The average molecular weight is 371 g/mol. The van der Waals surface area contributed by atoms with Crippen LogP contribution < -0.4 is 5.32 Å². The van der Waals surface area contributed by atoms with Gasteiger partial charge in [-0.3, -0.25) is 4.79 Å². The third kappa shape index (κ3) is 3.49. The summed E-state index contributed by atoms with van der Waals surface area (Å²) in [6.45, 7) is -0.0521. The Morgan fingerprint density at radius 1 is 1.20 bits per heavy atom. The minimum atomic E-state index is -0.269. The predicted molar refractivity (Wildman–Crippen MR) is 96.5 cm³/mol. The van der Waals surface area contributed by atoms with Crippen LogP contribution in [0.15, 0.2) is 48.5 Å². The third-order valence-electron chi connectivity index (χ3n) is 3.36. The first kappa shape index (κ1) is 15.7. The van der Waals surface area contributed by atoms with Crippen LogP contribution in [-0.2, 0) is 11.3 Å². The summed E-state index contributed by atoms with van der Waals surface area (Å²) in [5, 5.41) is 15.9. The molecule has 0 aliphatic carbocycles. The van der Waals surface area contributed by atoms with Crippen LogP contribution in [0.3, 0.4) is 0 Å². The fraction of sp³-hybridized carbons (Fsp3) is 0.0625. The maximum absolute atomic E-state index is 12.2. The highest BCUT2D eigenvalue weighted by Gasteiger charge is 2.11. The Bertz CT molecular complexity index is 1030. The molecule has 0 saturated heterocycles. The number of tetrazole rings is 1. The first-order chi connectivity index (χ1) is 12.2. The molecule has 0 unspecified atom stereocenters. The lowest BCUT2D eigenvalue weighted by atomic mass is 10.2. The van der Waals surface area contributed by atoms with E-state index < -0.39 is 0 Å². The zero-order valence-electron chi connectivity index (χ0n) is 12.8. The Balaban J connectivity index is 1.46. The summed E-state index contributed by atoms with van der Waals surface area (Å²) < 4.78 is 1.01. The topological polar surface area (TPSA) is 85.6 Å². The number of carbonyl (C=O) groups excluding carboxylic acids is 1. The van der Waals surface area contributed by atoms with E-state index in [0.29, 0.717) is 16.0 Å². The number of fused-ring (bicyclic) bond motifs is 1. The highest BCUT2D eigenvalue weighted by atomic mass is 35.5. The van der Waals surface area contributed by atoms with Gasteiger partial charge in [0.2, 0.25) is 11.7 Å². The molecule has 0 radical (unpaired) electrons.